The van der Waals surface area contributed by atoms with Gasteiger partial charge < -0.3 is 4.90 Å². The largest absolute Gasteiger partial charge is 0.312 e. The van der Waals surface area contributed by atoms with E-state index in [0.717, 1.165) is 29.7 Å². The van der Waals surface area contributed by atoms with E-state index in [4.69, 9.17) is 4.98 Å². The van der Waals surface area contributed by atoms with Gasteiger partial charge in [0, 0.05) is 25.2 Å². The summed E-state index contributed by atoms with van der Waals surface area (Å²) < 4.78 is 1.78. The highest BCUT2D eigenvalue weighted by Crippen LogP contribution is 2.39. The number of para-hydroxylation sites is 1. The van der Waals surface area contributed by atoms with Gasteiger partial charge in [-0.05, 0) is 49.1 Å². The zero-order valence-corrected chi connectivity index (χ0v) is 19.7. The molecule has 0 bridgehead atoms. The van der Waals surface area contributed by atoms with Crippen LogP contribution in [0, 0.1) is 6.92 Å². The molecule has 1 aliphatic rings. The molecule has 34 heavy (non-hydrogen) atoms. The van der Waals surface area contributed by atoms with E-state index in [-0.39, 0.29) is 17.4 Å². The SMILES string of the molecule is CCCN1C(=O)[C@H](Cc2nc3ccccc3c(=O)n2CCc2ccccc2)c2cc(C)ccc21. The molecule has 0 radical (unpaired) electrons. The number of aryl methyl sites for hydroxylation is 2. The first-order valence-electron chi connectivity index (χ1n) is 12.0. The maximum Gasteiger partial charge on any atom is 0.261 e. The molecule has 5 rings (SSSR count). The highest BCUT2D eigenvalue weighted by molar-refractivity contribution is 6.05. The predicted octanol–water partition coefficient (Wildman–Crippen LogP) is 5.03. The molecule has 0 N–H and O–H groups in total. The van der Waals surface area contributed by atoms with Gasteiger partial charge in [0.25, 0.3) is 5.56 Å². The van der Waals surface area contributed by atoms with E-state index in [1.807, 2.05) is 54.3 Å². The molecule has 0 saturated carbocycles. The Morgan fingerprint density at radius 2 is 1.68 bits per heavy atom. The second kappa shape index (κ2) is 9.26. The van der Waals surface area contributed by atoms with E-state index in [2.05, 4.69) is 37.3 Å². The van der Waals surface area contributed by atoms with Crippen molar-refractivity contribution in [3.05, 3.63) is 106 Å². The maximum absolute atomic E-state index is 13.5. The van der Waals surface area contributed by atoms with E-state index in [9.17, 15) is 9.59 Å². The minimum atomic E-state index is -0.336. The lowest BCUT2D eigenvalue weighted by Gasteiger charge is -2.18. The lowest BCUT2D eigenvalue weighted by atomic mass is 9.95. The average molecular weight is 452 g/mol. The van der Waals surface area contributed by atoms with Crippen LogP contribution in [0.5, 0.6) is 0 Å². The third-order valence-corrected chi connectivity index (χ3v) is 6.65. The fourth-order valence-corrected chi connectivity index (χ4v) is 4.96. The summed E-state index contributed by atoms with van der Waals surface area (Å²) in [5.74, 6) is 0.431. The van der Waals surface area contributed by atoms with Gasteiger partial charge in [0.05, 0.1) is 16.8 Å². The monoisotopic (exact) mass is 451 g/mol. The normalized spacial score (nSPS) is 15.2. The standard InChI is InChI=1S/C29H29N3O2/c1-3-16-31-26-14-13-20(2)18-23(26)24(29(31)34)19-27-30-25-12-8-7-11-22(25)28(33)32(27)17-15-21-9-5-4-6-10-21/h4-14,18,24H,3,15-17,19H2,1-2H3/t24-/m1/s1. The molecule has 0 fully saturated rings. The molecule has 0 unspecified atom stereocenters. The number of benzene rings is 3. The van der Waals surface area contributed by atoms with Crippen LogP contribution >= 0.6 is 0 Å². The fraction of sp³-hybridized carbons (Fsp3) is 0.276. The molecule has 172 valence electrons. The van der Waals surface area contributed by atoms with E-state index in [1.54, 1.807) is 4.57 Å². The van der Waals surface area contributed by atoms with Gasteiger partial charge in [0.1, 0.15) is 5.82 Å². The highest BCUT2D eigenvalue weighted by Gasteiger charge is 2.37. The number of nitrogens with zero attached hydrogens (tertiary/aromatic N) is 3. The van der Waals surface area contributed by atoms with Crippen molar-refractivity contribution in [2.24, 2.45) is 0 Å². The van der Waals surface area contributed by atoms with Crippen molar-refractivity contribution in [1.29, 1.82) is 0 Å². The van der Waals surface area contributed by atoms with Gasteiger partial charge in [-0.2, -0.15) is 0 Å². The van der Waals surface area contributed by atoms with Gasteiger partial charge in [-0.1, -0.05) is 67.1 Å². The summed E-state index contributed by atoms with van der Waals surface area (Å²) in [6.07, 6.45) is 2.02. The molecule has 1 amide bonds. The number of carbonyl (C=O) groups excluding carboxylic acids is 1. The van der Waals surface area contributed by atoms with Gasteiger partial charge in [-0.25, -0.2) is 4.98 Å². The molecule has 1 atom stereocenters. The van der Waals surface area contributed by atoms with Gasteiger partial charge in [0.15, 0.2) is 0 Å². The van der Waals surface area contributed by atoms with Gasteiger partial charge >= 0.3 is 0 Å². The van der Waals surface area contributed by atoms with Crippen LogP contribution in [0.15, 0.2) is 77.6 Å². The Balaban J connectivity index is 1.57. The van der Waals surface area contributed by atoms with Crippen molar-refractivity contribution in [3.8, 4) is 0 Å². The number of anilines is 1. The van der Waals surface area contributed by atoms with Crippen LogP contribution in [-0.2, 0) is 24.2 Å². The zero-order chi connectivity index (χ0) is 23.7. The number of fused-ring (bicyclic) bond motifs is 2. The number of hydrogen-bond donors (Lipinski definition) is 0. The molecule has 1 aromatic heterocycles. The van der Waals surface area contributed by atoms with E-state index in [0.29, 0.717) is 36.2 Å². The number of carbonyl (C=O) groups is 1. The summed E-state index contributed by atoms with van der Waals surface area (Å²) in [5, 5.41) is 0.612. The van der Waals surface area contributed by atoms with Crippen molar-refractivity contribution >= 4 is 22.5 Å². The summed E-state index contributed by atoms with van der Waals surface area (Å²) in [7, 11) is 0. The summed E-state index contributed by atoms with van der Waals surface area (Å²) in [5.41, 5.74) is 4.95. The predicted molar refractivity (Wildman–Crippen MR) is 136 cm³/mol. The quantitative estimate of drug-likeness (QED) is 0.396. The van der Waals surface area contributed by atoms with Crippen LogP contribution in [0.4, 0.5) is 5.69 Å². The number of hydrogen-bond acceptors (Lipinski definition) is 3. The van der Waals surface area contributed by atoms with E-state index >= 15 is 0 Å². The van der Waals surface area contributed by atoms with Crippen LogP contribution in [0.2, 0.25) is 0 Å². The number of amides is 1. The van der Waals surface area contributed by atoms with E-state index in [1.165, 1.54) is 5.56 Å². The van der Waals surface area contributed by atoms with Crippen LogP contribution in [0.1, 0.15) is 41.8 Å². The van der Waals surface area contributed by atoms with Crippen molar-refractivity contribution in [2.45, 2.75) is 45.6 Å². The Morgan fingerprint density at radius 1 is 0.912 bits per heavy atom. The fourth-order valence-electron chi connectivity index (χ4n) is 4.96. The molecular formula is C29H29N3O2. The van der Waals surface area contributed by atoms with Gasteiger partial charge in [-0.15, -0.1) is 0 Å². The second-order valence-electron chi connectivity index (χ2n) is 9.05. The average Bonchev–Trinajstić information content (AvgIpc) is 3.10. The first-order valence-corrected chi connectivity index (χ1v) is 12.0. The van der Waals surface area contributed by atoms with E-state index < -0.39 is 0 Å². The van der Waals surface area contributed by atoms with Crippen molar-refractivity contribution < 1.29 is 4.79 Å². The summed E-state index contributed by atoms with van der Waals surface area (Å²) in [4.78, 5) is 33.8. The maximum atomic E-state index is 13.5. The number of rotatable bonds is 7. The smallest absolute Gasteiger partial charge is 0.261 e. The molecule has 0 saturated heterocycles. The van der Waals surface area contributed by atoms with Crippen molar-refractivity contribution in [1.82, 2.24) is 9.55 Å². The molecule has 5 heteroatoms. The molecule has 2 heterocycles. The minimum absolute atomic E-state index is 0.0446. The second-order valence-corrected chi connectivity index (χ2v) is 9.05. The number of aromatic nitrogens is 2. The van der Waals surface area contributed by atoms with Crippen LogP contribution in [0.3, 0.4) is 0 Å². The summed E-state index contributed by atoms with van der Waals surface area (Å²) >= 11 is 0. The Labute approximate surface area is 199 Å². The summed E-state index contributed by atoms with van der Waals surface area (Å²) in [6, 6.07) is 23.8. The first kappa shape index (κ1) is 22.1. The third-order valence-electron chi connectivity index (χ3n) is 6.65. The third kappa shape index (κ3) is 4.03. The van der Waals surface area contributed by atoms with Crippen molar-refractivity contribution in [3.63, 3.8) is 0 Å². The Morgan fingerprint density at radius 3 is 2.47 bits per heavy atom. The summed E-state index contributed by atoms with van der Waals surface area (Å²) in [6.45, 7) is 5.35. The molecule has 0 spiro atoms. The lowest BCUT2D eigenvalue weighted by Crippen LogP contribution is -2.32. The Kier molecular flexibility index (Phi) is 6.01. The lowest BCUT2D eigenvalue weighted by molar-refractivity contribution is -0.119. The molecular weight excluding hydrogens is 422 g/mol. The molecule has 4 aromatic rings. The van der Waals surface area contributed by atoms with Gasteiger partial charge in [-0.3, -0.25) is 14.2 Å². The molecule has 3 aromatic carbocycles. The molecule has 1 aliphatic heterocycles. The zero-order valence-electron chi connectivity index (χ0n) is 19.7. The van der Waals surface area contributed by atoms with Crippen LogP contribution in [0.25, 0.3) is 10.9 Å². The first-order chi connectivity index (χ1) is 16.6. The van der Waals surface area contributed by atoms with Crippen molar-refractivity contribution in [2.75, 3.05) is 11.4 Å². The Hall–Kier alpha value is -3.73. The topological polar surface area (TPSA) is 55.2 Å². The molecule has 5 nitrogen and oxygen atoms in total. The highest BCUT2D eigenvalue weighted by atomic mass is 16.2. The Bertz CT molecular complexity index is 1410. The minimum Gasteiger partial charge on any atom is -0.312 e. The van der Waals surface area contributed by atoms with Gasteiger partial charge in [0.2, 0.25) is 5.91 Å². The van der Waals surface area contributed by atoms with Crippen LogP contribution in [-0.4, -0.2) is 22.0 Å². The van der Waals surface area contributed by atoms with Crippen LogP contribution < -0.4 is 10.5 Å². The molecule has 0 aliphatic carbocycles.